The summed E-state index contributed by atoms with van der Waals surface area (Å²) in [5, 5.41) is 5.77. The van der Waals surface area contributed by atoms with Crippen molar-refractivity contribution in [3.8, 4) is 0 Å². The lowest BCUT2D eigenvalue weighted by atomic mass is 10.2. The number of alkyl carbamates (subject to hydrolysis) is 1. The van der Waals surface area contributed by atoms with Gasteiger partial charge in [-0.15, -0.1) is 0 Å². The maximum atomic E-state index is 10.7. The van der Waals surface area contributed by atoms with Crippen LogP contribution in [0.15, 0.2) is 24.3 Å². The highest BCUT2D eigenvalue weighted by Crippen LogP contribution is 2.07. The fourth-order valence-corrected chi connectivity index (χ4v) is 1.11. The number of ether oxygens (including phenoxy) is 1. The van der Waals surface area contributed by atoms with Crippen LogP contribution in [0.1, 0.15) is 33.3 Å². The molecule has 1 aromatic carbocycles. The zero-order valence-electron chi connectivity index (χ0n) is 13.0. The molecule has 110 valence electrons. The molecule has 1 amide bonds. The first-order valence-electron chi connectivity index (χ1n) is 6.84. The van der Waals surface area contributed by atoms with Crippen LogP contribution in [-0.2, 0) is 4.74 Å². The van der Waals surface area contributed by atoms with E-state index in [0.29, 0.717) is 13.1 Å². The third kappa shape index (κ3) is 11.1. The van der Waals surface area contributed by atoms with Crippen molar-refractivity contribution in [1.29, 1.82) is 0 Å². The Morgan fingerprint density at radius 1 is 1.05 bits per heavy atom. The molecule has 2 N–H and O–H groups in total. The van der Waals surface area contributed by atoms with Gasteiger partial charge in [0.2, 0.25) is 0 Å². The van der Waals surface area contributed by atoms with E-state index in [9.17, 15) is 4.79 Å². The molecule has 0 aliphatic rings. The molecule has 0 bridgehead atoms. The van der Waals surface area contributed by atoms with Crippen LogP contribution in [0.2, 0.25) is 0 Å². The molecule has 0 aromatic heterocycles. The van der Waals surface area contributed by atoms with E-state index in [1.807, 2.05) is 58.9 Å². The number of nitrogens with one attached hydrogen (secondary N) is 2. The molecular formula is C15H28N2O2. The Labute approximate surface area is 117 Å². The van der Waals surface area contributed by atoms with Crippen molar-refractivity contribution in [2.75, 3.05) is 25.5 Å². The molecule has 1 rings (SSSR count). The van der Waals surface area contributed by atoms with Crippen LogP contribution in [0.5, 0.6) is 0 Å². The van der Waals surface area contributed by atoms with Gasteiger partial charge in [-0.05, 0) is 19.1 Å². The Bertz CT molecular complexity index is 310. The van der Waals surface area contributed by atoms with Crippen LogP contribution >= 0.6 is 0 Å². The van der Waals surface area contributed by atoms with E-state index in [-0.39, 0.29) is 0 Å². The summed E-state index contributed by atoms with van der Waals surface area (Å²) in [6.45, 7) is 11.3. The molecule has 19 heavy (non-hydrogen) atoms. The molecule has 0 spiro atoms. The van der Waals surface area contributed by atoms with Gasteiger partial charge in [-0.1, -0.05) is 45.4 Å². The van der Waals surface area contributed by atoms with E-state index in [0.717, 1.165) is 5.69 Å². The van der Waals surface area contributed by atoms with E-state index in [1.165, 1.54) is 12.7 Å². The van der Waals surface area contributed by atoms with Gasteiger partial charge in [0, 0.05) is 18.8 Å². The number of hydrogen-bond donors (Lipinski definition) is 2. The van der Waals surface area contributed by atoms with Gasteiger partial charge < -0.3 is 15.4 Å². The van der Waals surface area contributed by atoms with Crippen molar-refractivity contribution >= 4 is 11.8 Å². The summed E-state index contributed by atoms with van der Waals surface area (Å²) in [6, 6.07) is 8.09. The number of methoxy groups -OCH3 is 1. The van der Waals surface area contributed by atoms with Crippen molar-refractivity contribution in [3.63, 3.8) is 0 Å². The summed E-state index contributed by atoms with van der Waals surface area (Å²) in [5.74, 6) is 0. The van der Waals surface area contributed by atoms with Gasteiger partial charge in [0.05, 0.1) is 7.11 Å². The molecule has 0 aliphatic heterocycles. The molecule has 0 fully saturated rings. The van der Waals surface area contributed by atoms with Crippen LogP contribution in [0.25, 0.3) is 0 Å². The van der Waals surface area contributed by atoms with E-state index in [4.69, 9.17) is 0 Å². The molecule has 0 saturated carbocycles. The number of carbonyl (C=O) groups is 1. The molecule has 0 unspecified atom stereocenters. The Balaban J connectivity index is 0. The van der Waals surface area contributed by atoms with Crippen LogP contribution in [0, 0.1) is 6.92 Å². The lowest BCUT2D eigenvalue weighted by molar-refractivity contribution is 0.171. The van der Waals surface area contributed by atoms with Gasteiger partial charge in [-0.25, -0.2) is 4.79 Å². The minimum Gasteiger partial charge on any atom is -0.453 e. The average Bonchev–Trinajstić information content (AvgIpc) is 2.49. The smallest absolute Gasteiger partial charge is 0.406 e. The van der Waals surface area contributed by atoms with Crippen LogP contribution in [0.4, 0.5) is 10.5 Å². The lowest BCUT2D eigenvalue weighted by Crippen LogP contribution is -2.28. The van der Waals surface area contributed by atoms with Crippen molar-refractivity contribution in [3.05, 3.63) is 29.8 Å². The molecule has 4 nitrogen and oxygen atoms in total. The first kappa shape index (κ1) is 19.6. The highest BCUT2D eigenvalue weighted by molar-refractivity contribution is 5.66. The van der Waals surface area contributed by atoms with Crippen molar-refractivity contribution in [2.24, 2.45) is 0 Å². The second-order valence-corrected chi connectivity index (χ2v) is 3.21. The molecule has 0 radical (unpaired) electrons. The zero-order valence-corrected chi connectivity index (χ0v) is 13.0. The molecule has 0 heterocycles. The highest BCUT2D eigenvalue weighted by atomic mass is 16.5. The Morgan fingerprint density at radius 3 is 2.05 bits per heavy atom. The number of hydrogen-bond acceptors (Lipinski definition) is 3. The number of anilines is 1. The normalized spacial score (nSPS) is 8.11. The number of benzene rings is 1. The minimum atomic E-state index is -0.402. The van der Waals surface area contributed by atoms with Crippen molar-refractivity contribution in [1.82, 2.24) is 5.32 Å². The molecule has 0 saturated heterocycles. The number of aryl methyl sites for hydroxylation is 1. The summed E-state index contributed by atoms with van der Waals surface area (Å²) in [6.07, 6.45) is -0.402. The molecular weight excluding hydrogens is 240 g/mol. The van der Waals surface area contributed by atoms with Gasteiger partial charge in [-0.3, -0.25) is 0 Å². The van der Waals surface area contributed by atoms with E-state index >= 15 is 0 Å². The number of amides is 1. The summed E-state index contributed by atoms with van der Waals surface area (Å²) < 4.78 is 4.44. The lowest BCUT2D eigenvalue weighted by Gasteiger charge is -2.07. The third-order valence-corrected chi connectivity index (χ3v) is 1.96. The van der Waals surface area contributed by atoms with E-state index in [2.05, 4.69) is 15.4 Å². The summed E-state index contributed by atoms with van der Waals surface area (Å²) >= 11 is 0. The fraction of sp³-hybridized carbons (Fsp3) is 0.533. The third-order valence-electron chi connectivity index (χ3n) is 1.96. The standard InChI is InChI=1S/C11H16N2O2.2C2H6/c1-9-3-5-10(6-4-9)12-7-8-13-11(14)15-2;2*1-2/h3-6,12H,7-8H2,1-2H3,(H,13,14);2*1-2H3. The first-order valence-corrected chi connectivity index (χ1v) is 6.84. The maximum Gasteiger partial charge on any atom is 0.406 e. The van der Waals surface area contributed by atoms with E-state index < -0.39 is 6.09 Å². The van der Waals surface area contributed by atoms with Gasteiger partial charge >= 0.3 is 6.09 Å². The van der Waals surface area contributed by atoms with Crippen molar-refractivity contribution < 1.29 is 9.53 Å². The Kier molecular flexibility index (Phi) is 14.8. The fourth-order valence-electron chi connectivity index (χ4n) is 1.11. The number of carbonyl (C=O) groups excluding carboxylic acids is 1. The Morgan fingerprint density at radius 2 is 1.58 bits per heavy atom. The van der Waals surface area contributed by atoms with Gasteiger partial charge in [0.25, 0.3) is 0 Å². The van der Waals surface area contributed by atoms with Gasteiger partial charge in [0.15, 0.2) is 0 Å². The van der Waals surface area contributed by atoms with Crippen LogP contribution in [0.3, 0.4) is 0 Å². The predicted molar refractivity (Wildman–Crippen MR) is 82.8 cm³/mol. The summed E-state index contributed by atoms with van der Waals surface area (Å²) in [5.41, 5.74) is 2.28. The molecule has 0 atom stereocenters. The SMILES string of the molecule is CC.CC.COC(=O)NCCNc1ccc(C)cc1. The highest BCUT2D eigenvalue weighted by Gasteiger charge is 1.96. The zero-order chi connectivity index (χ0) is 15.1. The van der Waals surface area contributed by atoms with E-state index in [1.54, 1.807) is 0 Å². The first-order chi connectivity index (χ1) is 9.22. The summed E-state index contributed by atoms with van der Waals surface area (Å²) in [7, 11) is 1.35. The largest absolute Gasteiger partial charge is 0.453 e. The second kappa shape index (κ2) is 14.4. The Hall–Kier alpha value is -1.71. The van der Waals surface area contributed by atoms with Crippen molar-refractivity contribution in [2.45, 2.75) is 34.6 Å². The topological polar surface area (TPSA) is 50.4 Å². The average molecular weight is 268 g/mol. The monoisotopic (exact) mass is 268 g/mol. The molecule has 4 heteroatoms. The minimum absolute atomic E-state index is 0.402. The quantitative estimate of drug-likeness (QED) is 0.816. The van der Waals surface area contributed by atoms with Gasteiger partial charge in [-0.2, -0.15) is 0 Å². The summed E-state index contributed by atoms with van der Waals surface area (Å²) in [4.78, 5) is 10.7. The maximum absolute atomic E-state index is 10.7. The van der Waals surface area contributed by atoms with Crippen LogP contribution < -0.4 is 10.6 Å². The number of rotatable bonds is 4. The second-order valence-electron chi connectivity index (χ2n) is 3.21. The predicted octanol–water partition coefficient (Wildman–Crippen LogP) is 3.82. The van der Waals surface area contributed by atoms with Crippen LogP contribution in [-0.4, -0.2) is 26.3 Å². The molecule has 0 aliphatic carbocycles. The molecule has 1 aromatic rings. The van der Waals surface area contributed by atoms with Gasteiger partial charge in [0.1, 0.15) is 0 Å².